The molecule has 0 saturated carbocycles. The maximum atomic E-state index is 12.6. The van der Waals surface area contributed by atoms with Gasteiger partial charge in [-0.3, -0.25) is 14.4 Å². The molecule has 2 aromatic heterocycles. The van der Waals surface area contributed by atoms with Gasteiger partial charge in [0.2, 0.25) is 5.88 Å². The Morgan fingerprint density at radius 1 is 1.25 bits per heavy atom. The van der Waals surface area contributed by atoms with E-state index in [9.17, 15) is 14.4 Å². The van der Waals surface area contributed by atoms with E-state index in [1.54, 1.807) is 37.4 Å². The molecule has 0 atom stereocenters. The summed E-state index contributed by atoms with van der Waals surface area (Å²) < 4.78 is 6.98. The molecule has 2 heterocycles. The maximum absolute atomic E-state index is 12.6. The van der Waals surface area contributed by atoms with Gasteiger partial charge in [0.05, 0.1) is 17.6 Å². The molecule has 0 saturated heterocycles. The van der Waals surface area contributed by atoms with Crippen molar-refractivity contribution in [1.29, 1.82) is 0 Å². The average molecular weight is 382 g/mol. The van der Waals surface area contributed by atoms with Crippen molar-refractivity contribution in [3.63, 3.8) is 0 Å². The Morgan fingerprint density at radius 2 is 2.07 bits per heavy atom. The van der Waals surface area contributed by atoms with Crippen LogP contribution >= 0.6 is 0 Å². The standard InChI is InChI=1S/C20H22N4O4/c1-3-10-28-19-14(6-5-9-21-19)12-22-17(25)13-7-8-16-15(11-13)23-18(26)20(27)24(16)4-2/h5-9,11H,3-4,10,12H2,1-2H3,(H,22,25)(H,23,26). The van der Waals surface area contributed by atoms with E-state index in [4.69, 9.17) is 4.74 Å². The normalized spacial score (nSPS) is 10.8. The van der Waals surface area contributed by atoms with E-state index in [1.807, 2.05) is 13.0 Å². The van der Waals surface area contributed by atoms with Gasteiger partial charge >= 0.3 is 11.1 Å². The molecule has 3 aromatic rings. The first kappa shape index (κ1) is 19.3. The van der Waals surface area contributed by atoms with Crippen LogP contribution in [0.3, 0.4) is 0 Å². The Labute approximate surface area is 161 Å². The average Bonchev–Trinajstić information content (AvgIpc) is 2.71. The number of hydrogen-bond acceptors (Lipinski definition) is 5. The Morgan fingerprint density at radius 3 is 2.82 bits per heavy atom. The second kappa shape index (κ2) is 8.51. The molecular formula is C20H22N4O4. The fraction of sp³-hybridized carbons (Fsp3) is 0.300. The summed E-state index contributed by atoms with van der Waals surface area (Å²) >= 11 is 0. The summed E-state index contributed by atoms with van der Waals surface area (Å²) in [5.74, 6) is 0.196. The van der Waals surface area contributed by atoms with E-state index in [0.717, 1.165) is 12.0 Å². The van der Waals surface area contributed by atoms with Gasteiger partial charge in [-0.05, 0) is 37.6 Å². The minimum absolute atomic E-state index is 0.259. The highest BCUT2D eigenvalue weighted by atomic mass is 16.5. The quantitative estimate of drug-likeness (QED) is 0.607. The van der Waals surface area contributed by atoms with Crippen molar-refractivity contribution in [1.82, 2.24) is 19.9 Å². The predicted octanol–water partition coefficient (Wildman–Crippen LogP) is 1.82. The summed E-state index contributed by atoms with van der Waals surface area (Å²) in [6.45, 7) is 4.97. The van der Waals surface area contributed by atoms with Crippen LogP contribution in [0.4, 0.5) is 0 Å². The molecule has 146 valence electrons. The molecule has 2 N–H and O–H groups in total. The van der Waals surface area contributed by atoms with Crippen LogP contribution in [0.15, 0.2) is 46.1 Å². The van der Waals surface area contributed by atoms with Crippen molar-refractivity contribution in [2.45, 2.75) is 33.4 Å². The third-order valence-corrected chi connectivity index (χ3v) is 4.29. The maximum Gasteiger partial charge on any atom is 0.316 e. The number of carbonyl (C=O) groups excluding carboxylic acids is 1. The molecule has 0 fully saturated rings. The lowest BCUT2D eigenvalue weighted by Gasteiger charge is -2.11. The fourth-order valence-corrected chi connectivity index (χ4v) is 2.90. The zero-order valence-electron chi connectivity index (χ0n) is 15.8. The van der Waals surface area contributed by atoms with E-state index in [0.29, 0.717) is 35.6 Å². The Hall–Kier alpha value is -3.42. The third kappa shape index (κ3) is 3.95. The summed E-state index contributed by atoms with van der Waals surface area (Å²) in [7, 11) is 0. The third-order valence-electron chi connectivity index (χ3n) is 4.29. The smallest absolute Gasteiger partial charge is 0.316 e. The van der Waals surface area contributed by atoms with Gasteiger partial charge in [-0.1, -0.05) is 13.0 Å². The Bertz CT molecular complexity index is 1120. The topological polar surface area (TPSA) is 106 Å². The van der Waals surface area contributed by atoms with Crippen LogP contribution in [0, 0.1) is 0 Å². The molecule has 1 amide bonds. The van der Waals surface area contributed by atoms with E-state index in [2.05, 4.69) is 15.3 Å². The first-order chi connectivity index (χ1) is 13.5. The second-order valence-electron chi connectivity index (χ2n) is 6.23. The van der Waals surface area contributed by atoms with Gasteiger partial charge in [-0.25, -0.2) is 4.98 Å². The molecule has 28 heavy (non-hydrogen) atoms. The first-order valence-electron chi connectivity index (χ1n) is 9.17. The van der Waals surface area contributed by atoms with Crippen LogP contribution in [-0.2, 0) is 13.1 Å². The molecule has 0 spiro atoms. The number of ether oxygens (including phenoxy) is 1. The van der Waals surface area contributed by atoms with Gasteiger partial charge in [-0.2, -0.15) is 0 Å². The highest BCUT2D eigenvalue weighted by Crippen LogP contribution is 2.15. The molecule has 8 heteroatoms. The summed E-state index contributed by atoms with van der Waals surface area (Å²) in [6, 6.07) is 8.47. The first-order valence-corrected chi connectivity index (χ1v) is 9.17. The highest BCUT2D eigenvalue weighted by Gasteiger charge is 2.12. The van der Waals surface area contributed by atoms with Crippen molar-refractivity contribution in [2.24, 2.45) is 0 Å². The predicted molar refractivity (Wildman–Crippen MR) is 106 cm³/mol. The monoisotopic (exact) mass is 382 g/mol. The van der Waals surface area contributed by atoms with Crippen LogP contribution in [0.25, 0.3) is 11.0 Å². The lowest BCUT2D eigenvalue weighted by Crippen LogP contribution is -2.36. The van der Waals surface area contributed by atoms with Crippen LogP contribution < -0.4 is 21.2 Å². The van der Waals surface area contributed by atoms with Gasteiger partial charge in [0.1, 0.15) is 0 Å². The van der Waals surface area contributed by atoms with Crippen LogP contribution in [-0.4, -0.2) is 27.0 Å². The van der Waals surface area contributed by atoms with Crippen molar-refractivity contribution in [3.05, 3.63) is 68.4 Å². The number of aromatic nitrogens is 3. The van der Waals surface area contributed by atoms with Crippen molar-refractivity contribution in [2.75, 3.05) is 6.61 Å². The van der Waals surface area contributed by atoms with Gasteiger partial charge in [0, 0.05) is 30.4 Å². The number of aryl methyl sites for hydroxylation is 1. The highest BCUT2D eigenvalue weighted by molar-refractivity contribution is 5.97. The minimum atomic E-state index is -0.708. The summed E-state index contributed by atoms with van der Waals surface area (Å²) in [6.07, 6.45) is 2.50. The number of aromatic amines is 1. The number of carbonyl (C=O) groups is 1. The van der Waals surface area contributed by atoms with Crippen LogP contribution in [0.1, 0.15) is 36.2 Å². The number of benzene rings is 1. The number of fused-ring (bicyclic) bond motifs is 1. The molecule has 0 unspecified atom stereocenters. The SMILES string of the molecule is CCCOc1ncccc1CNC(=O)c1ccc2c(c1)[nH]c(=O)c(=O)n2CC. The number of pyridine rings is 1. The molecule has 1 aromatic carbocycles. The molecule has 0 radical (unpaired) electrons. The van der Waals surface area contributed by atoms with E-state index in [1.165, 1.54) is 4.57 Å². The Balaban J connectivity index is 1.82. The zero-order valence-corrected chi connectivity index (χ0v) is 15.8. The lowest BCUT2D eigenvalue weighted by molar-refractivity contribution is 0.0950. The molecule has 0 aliphatic heterocycles. The number of nitrogens with zero attached hydrogens (tertiary/aromatic N) is 2. The van der Waals surface area contributed by atoms with Crippen LogP contribution in [0.5, 0.6) is 5.88 Å². The summed E-state index contributed by atoms with van der Waals surface area (Å²) in [5, 5.41) is 2.83. The summed E-state index contributed by atoms with van der Waals surface area (Å²) in [4.78, 5) is 43.0. The van der Waals surface area contributed by atoms with Gasteiger partial charge < -0.3 is 19.6 Å². The number of amides is 1. The van der Waals surface area contributed by atoms with Gasteiger partial charge in [-0.15, -0.1) is 0 Å². The van der Waals surface area contributed by atoms with Crippen molar-refractivity contribution in [3.8, 4) is 5.88 Å². The Kier molecular flexibility index (Phi) is 5.88. The van der Waals surface area contributed by atoms with E-state index >= 15 is 0 Å². The zero-order chi connectivity index (χ0) is 20.1. The molecule has 3 rings (SSSR count). The lowest BCUT2D eigenvalue weighted by atomic mass is 10.1. The molecule has 0 bridgehead atoms. The van der Waals surface area contributed by atoms with E-state index in [-0.39, 0.29) is 12.5 Å². The van der Waals surface area contributed by atoms with Crippen molar-refractivity contribution < 1.29 is 9.53 Å². The molecule has 0 aliphatic carbocycles. The number of rotatable bonds is 7. The fourth-order valence-electron chi connectivity index (χ4n) is 2.90. The van der Waals surface area contributed by atoms with Crippen molar-refractivity contribution >= 4 is 16.9 Å². The number of hydrogen-bond donors (Lipinski definition) is 2. The van der Waals surface area contributed by atoms with Gasteiger partial charge in [0.25, 0.3) is 5.91 Å². The molecule has 0 aliphatic rings. The van der Waals surface area contributed by atoms with E-state index < -0.39 is 11.1 Å². The minimum Gasteiger partial charge on any atom is -0.477 e. The largest absolute Gasteiger partial charge is 0.477 e. The number of H-pyrrole nitrogens is 1. The summed E-state index contributed by atoms with van der Waals surface area (Å²) in [5.41, 5.74) is 0.852. The molecule has 8 nitrogen and oxygen atoms in total. The number of nitrogens with one attached hydrogen (secondary N) is 2. The van der Waals surface area contributed by atoms with Gasteiger partial charge in [0.15, 0.2) is 0 Å². The molecular weight excluding hydrogens is 360 g/mol. The second-order valence-corrected chi connectivity index (χ2v) is 6.23. The van der Waals surface area contributed by atoms with Crippen LogP contribution in [0.2, 0.25) is 0 Å².